The fourth-order valence-corrected chi connectivity index (χ4v) is 2.03. The Labute approximate surface area is 119 Å². The van der Waals surface area contributed by atoms with E-state index in [0.717, 1.165) is 45.6 Å². The summed E-state index contributed by atoms with van der Waals surface area (Å²) >= 11 is 0. The zero-order chi connectivity index (χ0) is 14.2. The van der Waals surface area contributed by atoms with E-state index in [1.165, 1.54) is 0 Å². The summed E-state index contributed by atoms with van der Waals surface area (Å²) in [5, 5.41) is 6.41. The van der Waals surface area contributed by atoms with Gasteiger partial charge in [0.25, 0.3) is 0 Å². The Balaban J connectivity index is 1.94. The number of anilines is 2. The smallest absolute Gasteiger partial charge is 0.322 e. The second-order valence-corrected chi connectivity index (χ2v) is 4.83. The van der Waals surface area contributed by atoms with Crippen LogP contribution in [0.3, 0.4) is 0 Å². The molecule has 0 unspecified atom stereocenters. The van der Waals surface area contributed by atoms with Crippen LogP contribution in [0.1, 0.15) is 26.2 Å². The lowest BCUT2D eigenvalue weighted by Crippen LogP contribution is -2.23. The Kier molecular flexibility index (Phi) is 5.79. The van der Waals surface area contributed by atoms with Crippen molar-refractivity contribution in [2.75, 3.05) is 44.0 Å². The molecule has 0 bridgehead atoms. The number of rotatable bonds is 7. The average Bonchev–Trinajstić information content (AvgIpc) is 2.51. The summed E-state index contributed by atoms with van der Waals surface area (Å²) in [6, 6.07) is 0.327. The number of hydrogen-bond acceptors (Lipinski definition) is 7. The first-order valence-corrected chi connectivity index (χ1v) is 7.17. The van der Waals surface area contributed by atoms with Crippen LogP contribution in [0.25, 0.3) is 0 Å². The molecule has 1 fully saturated rings. The first-order valence-electron chi connectivity index (χ1n) is 7.17. The molecule has 112 valence electrons. The van der Waals surface area contributed by atoms with Gasteiger partial charge in [-0.2, -0.15) is 15.0 Å². The molecule has 1 saturated heterocycles. The molecule has 1 aliphatic heterocycles. The molecule has 2 N–H and O–H groups in total. The van der Waals surface area contributed by atoms with E-state index < -0.39 is 0 Å². The number of aromatic nitrogens is 3. The number of nitrogens with zero attached hydrogens (tertiary/aromatic N) is 3. The van der Waals surface area contributed by atoms with Crippen molar-refractivity contribution in [3.8, 4) is 6.01 Å². The maximum Gasteiger partial charge on any atom is 0.322 e. The van der Waals surface area contributed by atoms with Gasteiger partial charge in [0.2, 0.25) is 11.9 Å². The molecule has 1 aliphatic rings. The van der Waals surface area contributed by atoms with Gasteiger partial charge in [0.05, 0.1) is 7.11 Å². The summed E-state index contributed by atoms with van der Waals surface area (Å²) in [7, 11) is 1.56. The maximum absolute atomic E-state index is 5.35. The predicted molar refractivity (Wildman–Crippen MR) is 77.2 cm³/mol. The molecule has 2 rings (SSSR count). The van der Waals surface area contributed by atoms with E-state index in [0.29, 0.717) is 23.8 Å². The standard InChI is InChI=1S/C13H23N5O2/c1-3-6-14-11-16-12(18-13(17-11)19-2)15-9-10-4-7-20-8-5-10/h10H,3-9H2,1-2H3,(H2,14,15,16,17,18). The van der Waals surface area contributed by atoms with Gasteiger partial charge in [-0.15, -0.1) is 0 Å². The molecule has 0 spiro atoms. The Morgan fingerprint density at radius 2 is 1.85 bits per heavy atom. The fraction of sp³-hybridized carbons (Fsp3) is 0.769. The second-order valence-electron chi connectivity index (χ2n) is 4.83. The van der Waals surface area contributed by atoms with E-state index >= 15 is 0 Å². The fourth-order valence-electron chi connectivity index (χ4n) is 2.03. The lowest BCUT2D eigenvalue weighted by atomic mass is 10.0. The summed E-state index contributed by atoms with van der Waals surface area (Å²) in [6.07, 6.45) is 3.17. The monoisotopic (exact) mass is 281 g/mol. The van der Waals surface area contributed by atoms with Gasteiger partial charge in [-0.3, -0.25) is 0 Å². The zero-order valence-electron chi connectivity index (χ0n) is 12.2. The van der Waals surface area contributed by atoms with E-state index in [2.05, 4.69) is 32.5 Å². The second kappa shape index (κ2) is 7.84. The van der Waals surface area contributed by atoms with Crippen LogP contribution in [0.4, 0.5) is 11.9 Å². The maximum atomic E-state index is 5.35. The molecule has 1 aromatic rings. The van der Waals surface area contributed by atoms with Crippen LogP contribution < -0.4 is 15.4 Å². The minimum Gasteiger partial charge on any atom is -0.467 e. The Morgan fingerprint density at radius 3 is 2.50 bits per heavy atom. The van der Waals surface area contributed by atoms with E-state index in [1.807, 2.05) is 0 Å². The molecule has 0 saturated carbocycles. The third-order valence-corrected chi connectivity index (χ3v) is 3.22. The minimum absolute atomic E-state index is 0.327. The third kappa shape index (κ3) is 4.48. The Hall–Kier alpha value is -1.63. The minimum atomic E-state index is 0.327. The van der Waals surface area contributed by atoms with Crippen molar-refractivity contribution in [3.63, 3.8) is 0 Å². The van der Waals surface area contributed by atoms with Gasteiger partial charge in [-0.1, -0.05) is 6.92 Å². The molecule has 0 atom stereocenters. The first kappa shape index (κ1) is 14.8. The summed E-state index contributed by atoms with van der Waals surface area (Å²) < 4.78 is 10.5. The lowest BCUT2D eigenvalue weighted by Gasteiger charge is -2.22. The van der Waals surface area contributed by atoms with Crippen LogP contribution in [0.2, 0.25) is 0 Å². The van der Waals surface area contributed by atoms with Crippen LogP contribution >= 0.6 is 0 Å². The Morgan fingerprint density at radius 1 is 1.15 bits per heavy atom. The van der Waals surface area contributed by atoms with E-state index in [-0.39, 0.29) is 0 Å². The molecule has 7 nitrogen and oxygen atoms in total. The summed E-state index contributed by atoms with van der Waals surface area (Å²) in [4.78, 5) is 12.7. The van der Waals surface area contributed by atoms with Gasteiger partial charge in [0.1, 0.15) is 0 Å². The molecule has 20 heavy (non-hydrogen) atoms. The SMILES string of the molecule is CCCNc1nc(NCC2CCOCC2)nc(OC)n1. The highest BCUT2D eigenvalue weighted by Gasteiger charge is 2.14. The molecule has 2 heterocycles. The molecule has 0 aliphatic carbocycles. The van der Waals surface area contributed by atoms with Gasteiger partial charge < -0.3 is 20.1 Å². The van der Waals surface area contributed by atoms with Crippen molar-refractivity contribution in [1.29, 1.82) is 0 Å². The van der Waals surface area contributed by atoms with Gasteiger partial charge in [-0.25, -0.2) is 0 Å². The van der Waals surface area contributed by atoms with Crippen molar-refractivity contribution in [1.82, 2.24) is 15.0 Å². The molecule has 0 amide bonds. The van der Waals surface area contributed by atoms with E-state index in [4.69, 9.17) is 9.47 Å². The van der Waals surface area contributed by atoms with Gasteiger partial charge in [-0.05, 0) is 25.2 Å². The normalized spacial score (nSPS) is 15.9. The quantitative estimate of drug-likeness (QED) is 0.784. The van der Waals surface area contributed by atoms with Crippen molar-refractivity contribution in [3.05, 3.63) is 0 Å². The Bertz CT molecular complexity index is 410. The topological polar surface area (TPSA) is 81.2 Å². The van der Waals surface area contributed by atoms with Crippen LogP contribution in [0.15, 0.2) is 0 Å². The van der Waals surface area contributed by atoms with E-state index in [1.54, 1.807) is 7.11 Å². The van der Waals surface area contributed by atoms with Gasteiger partial charge in [0.15, 0.2) is 0 Å². The number of hydrogen-bond donors (Lipinski definition) is 2. The predicted octanol–water partition coefficient (Wildman–Crippen LogP) is 1.54. The summed E-state index contributed by atoms with van der Waals surface area (Å²) in [5.41, 5.74) is 0. The molecular weight excluding hydrogens is 258 g/mol. The van der Waals surface area contributed by atoms with E-state index in [9.17, 15) is 0 Å². The number of ether oxygens (including phenoxy) is 2. The molecule has 1 aromatic heterocycles. The highest BCUT2D eigenvalue weighted by atomic mass is 16.5. The van der Waals surface area contributed by atoms with Crippen LogP contribution in [-0.2, 0) is 4.74 Å². The molecule has 7 heteroatoms. The highest BCUT2D eigenvalue weighted by Crippen LogP contribution is 2.16. The molecular formula is C13H23N5O2. The van der Waals surface area contributed by atoms with Crippen LogP contribution in [-0.4, -0.2) is 48.4 Å². The summed E-state index contributed by atoms with van der Waals surface area (Å²) in [6.45, 7) is 5.46. The van der Waals surface area contributed by atoms with Crippen molar-refractivity contribution < 1.29 is 9.47 Å². The van der Waals surface area contributed by atoms with Gasteiger partial charge in [0, 0.05) is 26.3 Å². The average molecular weight is 281 g/mol. The highest BCUT2D eigenvalue weighted by molar-refractivity contribution is 5.35. The lowest BCUT2D eigenvalue weighted by molar-refractivity contribution is 0.0699. The number of methoxy groups -OCH3 is 1. The first-order chi connectivity index (χ1) is 9.81. The summed E-state index contributed by atoms with van der Waals surface area (Å²) in [5.74, 6) is 1.72. The zero-order valence-corrected chi connectivity index (χ0v) is 12.2. The molecule has 0 radical (unpaired) electrons. The van der Waals surface area contributed by atoms with Gasteiger partial charge >= 0.3 is 6.01 Å². The largest absolute Gasteiger partial charge is 0.467 e. The molecule has 0 aromatic carbocycles. The number of nitrogens with one attached hydrogen (secondary N) is 2. The van der Waals surface area contributed by atoms with Crippen molar-refractivity contribution in [2.45, 2.75) is 26.2 Å². The van der Waals surface area contributed by atoms with Crippen molar-refractivity contribution >= 4 is 11.9 Å². The van der Waals surface area contributed by atoms with Crippen LogP contribution in [0, 0.1) is 5.92 Å². The van der Waals surface area contributed by atoms with Crippen molar-refractivity contribution in [2.24, 2.45) is 5.92 Å². The van der Waals surface area contributed by atoms with Crippen LogP contribution in [0.5, 0.6) is 6.01 Å². The third-order valence-electron chi connectivity index (χ3n) is 3.22.